The van der Waals surface area contributed by atoms with E-state index in [1.165, 1.54) is 0 Å². The van der Waals surface area contributed by atoms with Gasteiger partial charge in [0.05, 0.1) is 0 Å². The lowest BCUT2D eigenvalue weighted by Gasteiger charge is -2.34. The van der Waals surface area contributed by atoms with Gasteiger partial charge in [0, 0.05) is 56.4 Å². The lowest BCUT2D eigenvalue weighted by molar-refractivity contribution is -0.132. The highest BCUT2D eigenvalue weighted by Crippen LogP contribution is 2.09. The molecule has 2 amide bonds. The van der Waals surface area contributed by atoms with Crippen molar-refractivity contribution in [3.63, 3.8) is 0 Å². The summed E-state index contributed by atoms with van der Waals surface area (Å²) in [6.07, 6.45) is 4.41. The highest BCUT2D eigenvalue weighted by molar-refractivity contribution is 6.17. The van der Waals surface area contributed by atoms with Crippen LogP contribution in [-0.4, -0.2) is 58.7 Å². The summed E-state index contributed by atoms with van der Waals surface area (Å²) < 4.78 is 0. The topological polar surface area (TPSA) is 53.5 Å². The Bertz CT molecular complexity index is 459. The Morgan fingerprint density at radius 3 is 2.30 bits per heavy atom. The van der Waals surface area contributed by atoms with Crippen LogP contribution in [0.4, 0.5) is 0 Å². The zero-order chi connectivity index (χ0) is 14.4. The third-order valence-electron chi connectivity index (χ3n) is 3.37. The first-order chi connectivity index (χ1) is 9.72. The van der Waals surface area contributed by atoms with Crippen molar-refractivity contribution in [1.29, 1.82) is 0 Å². The average molecular weight is 296 g/mol. The van der Waals surface area contributed by atoms with E-state index < -0.39 is 0 Å². The smallest absolute Gasteiger partial charge is 0.254 e. The zero-order valence-corrected chi connectivity index (χ0v) is 12.1. The number of carbonyl (C=O) groups excluding carboxylic acids is 2. The van der Waals surface area contributed by atoms with Crippen LogP contribution in [0.2, 0.25) is 0 Å². The average Bonchev–Trinajstić information content (AvgIpc) is 2.53. The van der Waals surface area contributed by atoms with Gasteiger partial charge < -0.3 is 9.80 Å². The van der Waals surface area contributed by atoms with Crippen LogP contribution in [0.15, 0.2) is 24.5 Å². The third-order valence-corrected chi connectivity index (χ3v) is 3.64. The molecule has 6 heteroatoms. The van der Waals surface area contributed by atoms with Gasteiger partial charge in [0.1, 0.15) is 0 Å². The second-order valence-electron chi connectivity index (χ2n) is 4.70. The van der Waals surface area contributed by atoms with Gasteiger partial charge in [-0.3, -0.25) is 14.6 Å². The van der Waals surface area contributed by atoms with E-state index in [0.717, 1.165) is 0 Å². The van der Waals surface area contributed by atoms with Crippen molar-refractivity contribution >= 4 is 23.4 Å². The van der Waals surface area contributed by atoms with Crippen molar-refractivity contribution in [2.24, 2.45) is 0 Å². The Morgan fingerprint density at radius 2 is 1.70 bits per heavy atom. The molecule has 108 valence electrons. The van der Waals surface area contributed by atoms with Gasteiger partial charge in [-0.2, -0.15) is 0 Å². The fourth-order valence-corrected chi connectivity index (χ4v) is 2.35. The van der Waals surface area contributed by atoms with Gasteiger partial charge in [-0.15, -0.1) is 11.6 Å². The molecule has 0 atom stereocenters. The number of hydrogen-bond donors (Lipinski definition) is 0. The fraction of sp³-hybridized carbons (Fsp3) is 0.500. The molecule has 1 aliphatic rings. The maximum Gasteiger partial charge on any atom is 0.254 e. The molecule has 0 aromatic carbocycles. The first-order valence-electron chi connectivity index (χ1n) is 6.75. The Hall–Kier alpha value is -1.62. The Labute approximate surface area is 123 Å². The van der Waals surface area contributed by atoms with E-state index in [2.05, 4.69) is 4.98 Å². The van der Waals surface area contributed by atoms with Crippen LogP contribution >= 0.6 is 11.6 Å². The Balaban J connectivity index is 1.85. The molecule has 0 N–H and O–H groups in total. The summed E-state index contributed by atoms with van der Waals surface area (Å²) in [6.45, 7) is 2.34. The van der Waals surface area contributed by atoms with Crippen LogP contribution in [0.3, 0.4) is 0 Å². The molecule has 1 fully saturated rings. The van der Waals surface area contributed by atoms with Gasteiger partial charge in [-0.25, -0.2) is 0 Å². The van der Waals surface area contributed by atoms with E-state index >= 15 is 0 Å². The molecule has 0 unspecified atom stereocenters. The first-order valence-corrected chi connectivity index (χ1v) is 7.29. The largest absolute Gasteiger partial charge is 0.339 e. The number of pyridine rings is 1. The van der Waals surface area contributed by atoms with Gasteiger partial charge >= 0.3 is 0 Å². The zero-order valence-electron chi connectivity index (χ0n) is 11.3. The second-order valence-corrected chi connectivity index (χ2v) is 5.08. The molecule has 0 bridgehead atoms. The summed E-state index contributed by atoms with van der Waals surface area (Å²) in [5, 5.41) is 0. The summed E-state index contributed by atoms with van der Waals surface area (Å²) in [4.78, 5) is 31.6. The quantitative estimate of drug-likeness (QED) is 0.789. The summed E-state index contributed by atoms with van der Waals surface area (Å²) >= 11 is 5.59. The molecule has 5 nitrogen and oxygen atoms in total. The van der Waals surface area contributed by atoms with Crippen molar-refractivity contribution in [2.75, 3.05) is 32.1 Å². The molecular weight excluding hydrogens is 278 g/mol. The van der Waals surface area contributed by atoms with Crippen LogP contribution in [0.25, 0.3) is 0 Å². The molecule has 2 rings (SSSR count). The molecule has 2 heterocycles. The summed E-state index contributed by atoms with van der Waals surface area (Å²) in [5.74, 6) is 0.633. The van der Waals surface area contributed by atoms with Crippen LogP contribution in [-0.2, 0) is 4.79 Å². The third kappa shape index (κ3) is 3.70. The second kappa shape index (κ2) is 7.24. The minimum absolute atomic E-state index is 0.000238. The number of aromatic nitrogens is 1. The van der Waals surface area contributed by atoms with Gasteiger partial charge in [0.15, 0.2) is 0 Å². The molecule has 0 aliphatic carbocycles. The summed E-state index contributed by atoms with van der Waals surface area (Å²) in [7, 11) is 0. The maximum atomic E-state index is 12.2. The minimum Gasteiger partial charge on any atom is -0.339 e. The van der Waals surface area contributed by atoms with Gasteiger partial charge in [0.25, 0.3) is 5.91 Å². The van der Waals surface area contributed by atoms with Crippen molar-refractivity contribution in [3.8, 4) is 0 Å². The van der Waals surface area contributed by atoms with E-state index in [0.29, 0.717) is 50.5 Å². The van der Waals surface area contributed by atoms with Crippen LogP contribution in [0.1, 0.15) is 23.2 Å². The predicted molar refractivity (Wildman–Crippen MR) is 76.7 cm³/mol. The molecule has 20 heavy (non-hydrogen) atoms. The lowest BCUT2D eigenvalue weighted by atomic mass is 10.2. The van der Waals surface area contributed by atoms with Crippen LogP contribution in [0, 0.1) is 0 Å². The first kappa shape index (κ1) is 14.8. The number of rotatable bonds is 4. The van der Waals surface area contributed by atoms with E-state index in [-0.39, 0.29) is 11.8 Å². The molecule has 1 aromatic rings. The number of piperazine rings is 1. The normalized spacial score (nSPS) is 15.2. The van der Waals surface area contributed by atoms with Gasteiger partial charge in [0.2, 0.25) is 5.91 Å². The highest BCUT2D eigenvalue weighted by atomic mass is 35.5. The molecule has 1 aliphatic heterocycles. The number of carbonyl (C=O) groups is 2. The maximum absolute atomic E-state index is 12.2. The molecule has 0 radical (unpaired) electrons. The molecule has 0 saturated carbocycles. The number of alkyl halides is 1. The van der Waals surface area contributed by atoms with Crippen molar-refractivity contribution in [2.45, 2.75) is 12.8 Å². The minimum atomic E-state index is 0.000238. The predicted octanol–water partition coefficient (Wildman–Crippen LogP) is 1.39. The number of nitrogens with zero attached hydrogens (tertiary/aromatic N) is 3. The summed E-state index contributed by atoms with van der Waals surface area (Å²) in [6, 6.07) is 3.42. The van der Waals surface area contributed by atoms with E-state index in [1.54, 1.807) is 29.4 Å². The Kier molecular flexibility index (Phi) is 5.35. The van der Waals surface area contributed by atoms with Crippen molar-refractivity contribution in [1.82, 2.24) is 14.8 Å². The Morgan fingerprint density at radius 1 is 1.10 bits per heavy atom. The molecule has 1 saturated heterocycles. The van der Waals surface area contributed by atoms with Crippen molar-refractivity contribution < 1.29 is 9.59 Å². The fourth-order valence-electron chi connectivity index (χ4n) is 2.21. The highest BCUT2D eigenvalue weighted by Gasteiger charge is 2.24. The van der Waals surface area contributed by atoms with Gasteiger partial charge in [-0.05, 0) is 18.6 Å². The monoisotopic (exact) mass is 295 g/mol. The number of halogens is 1. The van der Waals surface area contributed by atoms with Crippen LogP contribution in [0.5, 0.6) is 0 Å². The van der Waals surface area contributed by atoms with E-state index in [9.17, 15) is 9.59 Å². The SMILES string of the molecule is O=C(CCCCl)N1CCN(C(=O)c2ccncc2)CC1. The number of hydrogen-bond acceptors (Lipinski definition) is 3. The molecule has 0 spiro atoms. The summed E-state index contributed by atoms with van der Waals surface area (Å²) in [5.41, 5.74) is 0.641. The van der Waals surface area contributed by atoms with E-state index in [1.807, 2.05) is 4.90 Å². The lowest BCUT2D eigenvalue weighted by Crippen LogP contribution is -2.50. The number of amides is 2. The van der Waals surface area contributed by atoms with Gasteiger partial charge in [-0.1, -0.05) is 0 Å². The van der Waals surface area contributed by atoms with Crippen LogP contribution < -0.4 is 0 Å². The van der Waals surface area contributed by atoms with E-state index in [4.69, 9.17) is 11.6 Å². The molecular formula is C14H18ClN3O2. The molecule has 1 aromatic heterocycles. The van der Waals surface area contributed by atoms with Crippen molar-refractivity contribution in [3.05, 3.63) is 30.1 Å². The standard InChI is InChI=1S/C14H18ClN3O2/c15-5-1-2-13(19)17-8-10-18(11-9-17)14(20)12-3-6-16-7-4-12/h3-4,6-7H,1-2,5,8-11H2.